The molecule has 118 valence electrons. The van der Waals surface area contributed by atoms with Gasteiger partial charge in [0.25, 0.3) is 0 Å². The van der Waals surface area contributed by atoms with Crippen molar-refractivity contribution in [2.75, 3.05) is 18.4 Å². The van der Waals surface area contributed by atoms with Crippen LogP contribution in [0, 0.1) is 0 Å². The molecule has 0 saturated carbocycles. The highest BCUT2D eigenvalue weighted by Gasteiger charge is 2.27. The molecule has 2 aromatic heterocycles. The van der Waals surface area contributed by atoms with Crippen LogP contribution < -0.4 is 5.32 Å². The van der Waals surface area contributed by atoms with Gasteiger partial charge in [-0.05, 0) is 29.3 Å². The lowest BCUT2D eigenvalue weighted by Gasteiger charge is -2.36. The molecule has 3 heterocycles. The largest absolute Gasteiger partial charge is 0.368 e. The van der Waals surface area contributed by atoms with Gasteiger partial charge in [0.2, 0.25) is 5.91 Å². The summed E-state index contributed by atoms with van der Waals surface area (Å²) in [5, 5.41) is 9.64. The topological polar surface area (TPSA) is 54.5 Å². The lowest BCUT2D eigenvalue weighted by molar-refractivity contribution is -0.114. The molecule has 5 nitrogen and oxygen atoms in total. The van der Waals surface area contributed by atoms with Crippen LogP contribution in [0.1, 0.15) is 31.2 Å². The fraction of sp³-hybridized carbons (Fsp3) is 0.467. The summed E-state index contributed by atoms with van der Waals surface area (Å²) < 4.78 is 6.05. The molecule has 2 atom stereocenters. The number of aromatic nitrogens is 1. The molecule has 0 spiro atoms. The van der Waals surface area contributed by atoms with Gasteiger partial charge in [-0.3, -0.25) is 9.69 Å². The lowest BCUT2D eigenvalue weighted by Crippen LogP contribution is -2.42. The zero-order valence-electron chi connectivity index (χ0n) is 12.6. The second-order valence-corrected chi connectivity index (χ2v) is 7.15. The number of amides is 1. The van der Waals surface area contributed by atoms with Gasteiger partial charge in [0.1, 0.15) is 0 Å². The predicted molar refractivity (Wildman–Crippen MR) is 89.3 cm³/mol. The van der Waals surface area contributed by atoms with Crippen LogP contribution in [-0.2, 0) is 16.1 Å². The SMILES string of the molecule is CC(=O)Nc1nc(CN2C[C@H](C)O[C@@H](c3ccsc3)C2)cs1. The number of thiophene rings is 1. The van der Waals surface area contributed by atoms with Crippen molar-refractivity contribution in [1.29, 1.82) is 0 Å². The molecule has 1 saturated heterocycles. The van der Waals surface area contributed by atoms with E-state index in [-0.39, 0.29) is 18.1 Å². The lowest BCUT2D eigenvalue weighted by atomic mass is 10.1. The number of nitrogens with one attached hydrogen (secondary N) is 1. The van der Waals surface area contributed by atoms with Gasteiger partial charge in [0, 0.05) is 31.9 Å². The minimum absolute atomic E-state index is 0.0848. The zero-order valence-corrected chi connectivity index (χ0v) is 14.2. The number of rotatable bonds is 4. The Morgan fingerprint density at radius 2 is 2.36 bits per heavy atom. The first kappa shape index (κ1) is 15.6. The zero-order chi connectivity index (χ0) is 15.5. The molecule has 0 aliphatic carbocycles. The summed E-state index contributed by atoms with van der Waals surface area (Å²) in [5.41, 5.74) is 2.24. The number of carbonyl (C=O) groups is 1. The summed E-state index contributed by atoms with van der Waals surface area (Å²) in [6.07, 6.45) is 0.329. The minimum Gasteiger partial charge on any atom is -0.368 e. The van der Waals surface area contributed by atoms with Crippen LogP contribution in [0.3, 0.4) is 0 Å². The second kappa shape index (κ2) is 6.87. The van der Waals surface area contributed by atoms with E-state index in [1.165, 1.54) is 23.8 Å². The van der Waals surface area contributed by atoms with Crippen LogP contribution in [-0.4, -0.2) is 35.0 Å². The van der Waals surface area contributed by atoms with Crippen LogP contribution in [0.15, 0.2) is 22.2 Å². The fourth-order valence-corrected chi connectivity index (χ4v) is 4.08. The van der Waals surface area contributed by atoms with Crippen molar-refractivity contribution in [3.63, 3.8) is 0 Å². The van der Waals surface area contributed by atoms with Gasteiger partial charge in [0.15, 0.2) is 5.13 Å². The van der Waals surface area contributed by atoms with Crippen LogP contribution in [0.5, 0.6) is 0 Å². The van der Waals surface area contributed by atoms with Gasteiger partial charge < -0.3 is 10.1 Å². The molecular weight excluding hydrogens is 318 g/mol. The van der Waals surface area contributed by atoms with Gasteiger partial charge in [0.05, 0.1) is 17.9 Å². The van der Waals surface area contributed by atoms with Crippen molar-refractivity contribution >= 4 is 33.7 Å². The maximum atomic E-state index is 11.1. The molecule has 0 bridgehead atoms. The van der Waals surface area contributed by atoms with Crippen LogP contribution >= 0.6 is 22.7 Å². The number of thiazole rings is 1. The molecule has 1 aliphatic rings. The maximum absolute atomic E-state index is 11.1. The molecule has 1 amide bonds. The number of hydrogen-bond donors (Lipinski definition) is 1. The highest BCUT2D eigenvalue weighted by atomic mass is 32.1. The average molecular weight is 337 g/mol. The first-order chi connectivity index (χ1) is 10.6. The maximum Gasteiger partial charge on any atom is 0.223 e. The van der Waals surface area contributed by atoms with E-state index in [2.05, 4.69) is 39.0 Å². The molecule has 3 rings (SSSR count). The molecule has 0 aromatic carbocycles. The number of morpholine rings is 1. The third kappa shape index (κ3) is 3.92. The van der Waals surface area contributed by atoms with Gasteiger partial charge in [-0.1, -0.05) is 0 Å². The Balaban J connectivity index is 1.64. The standard InChI is InChI=1S/C15H19N3O2S2/c1-10-5-18(7-14(20-10)12-3-4-21-8-12)6-13-9-22-15(17-13)16-11(2)19/h3-4,8-10,14H,5-7H2,1-2H3,(H,16,17,19)/t10-,14+/m0/s1. The van der Waals surface area contributed by atoms with E-state index < -0.39 is 0 Å². The minimum atomic E-state index is -0.0848. The molecule has 0 radical (unpaired) electrons. The fourth-order valence-electron chi connectivity index (χ4n) is 2.63. The molecule has 22 heavy (non-hydrogen) atoms. The van der Waals surface area contributed by atoms with Crippen molar-refractivity contribution in [2.24, 2.45) is 0 Å². The third-order valence-electron chi connectivity index (χ3n) is 3.47. The molecule has 2 aromatic rings. The Hall–Kier alpha value is -1.28. The summed E-state index contributed by atoms with van der Waals surface area (Å²) in [6, 6.07) is 2.13. The van der Waals surface area contributed by atoms with Crippen molar-refractivity contribution in [1.82, 2.24) is 9.88 Å². The summed E-state index contributed by atoms with van der Waals surface area (Å²) in [6.45, 7) is 6.15. The first-order valence-electron chi connectivity index (χ1n) is 7.22. The van der Waals surface area contributed by atoms with Gasteiger partial charge in [-0.25, -0.2) is 4.98 Å². The summed E-state index contributed by atoms with van der Waals surface area (Å²) in [4.78, 5) is 17.9. The number of ether oxygens (including phenoxy) is 1. The Kier molecular flexibility index (Phi) is 4.87. The van der Waals surface area contributed by atoms with Crippen LogP contribution in [0.2, 0.25) is 0 Å². The summed E-state index contributed by atoms with van der Waals surface area (Å²) >= 11 is 3.17. The molecule has 1 aliphatic heterocycles. The number of carbonyl (C=O) groups excluding carboxylic acids is 1. The highest BCUT2D eigenvalue weighted by molar-refractivity contribution is 7.13. The van der Waals surface area contributed by atoms with E-state index in [1.807, 2.05) is 5.38 Å². The first-order valence-corrected chi connectivity index (χ1v) is 9.04. The van der Waals surface area contributed by atoms with E-state index in [4.69, 9.17) is 4.74 Å². The van der Waals surface area contributed by atoms with Crippen LogP contribution in [0.25, 0.3) is 0 Å². The Labute approximate surface area is 137 Å². The Morgan fingerprint density at radius 3 is 3.09 bits per heavy atom. The number of nitrogens with zero attached hydrogens (tertiary/aromatic N) is 2. The monoisotopic (exact) mass is 337 g/mol. The Morgan fingerprint density at radius 1 is 1.50 bits per heavy atom. The van der Waals surface area contributed by atoms with Crippen molar-refractivity contribution in [3.05, 3.63) is 33.5 Å². The number of anilines is 1. The summed E-state index contributed by atoms with van der Waals surface area (Å²) in [7, 11) is 0. The Bertz CT molecular complexity index is 627. The predicted octanol–water partition coefficient (Wildman–Crippen LogP) is 3.13. The molecular formula is C15H19N3O2S2. The van der Waals surface area contributed by atoms with Crippen molar-refractivity contribution < 1.29 is 9.53 Å². The molecule has 1 fully saturated rings. The van der Waals surface area contributed by atoms with Gasteiger partial charge >= 0.3 is 0 Å². The van der Waals surface area contributed by atoms with E-state index in [9.17, 15) is 4.79 Å². The second-order valence-electron chi connectivity index (χ2n) is 5.51. The van der Waals surface area contributed by atoms with Gasteiger partial charge in [-0.15, -0.1) is 11.3 Å². The van der Waals surface area contributed by atoms with E-state index in [0.29, 0.717) is 5.13 Å². The highest BCUT2D eigenvalue weighted by Crippen LogP contribution is 2.28. The smallest absolute Gasteiger partial charge is 0.223 e. The third-order valence-corrected chi connectivity index (χ3v) is 4.98. The van der Waals surface area contributed by atoms with Crippen molar-refractivity contribution in [2.45, 2.75) is 32.6 Å². The quantitative estimate of drug-likeness (QED) is 0.931. The summed E-state index contributed by atoms with van der Waals surface area (Å²) in [5.74, 6) is -0.0848. The van der Waals surface area contributed by atoms with Gasteiger partial charge in [-0.2, -0.15) is 11.3 Å². The van der Waals surface area contributed by atoms with Crippen molar-refractivity contribution in [3.8, 4) is 0 Å². The van der Waals surface area contributed by atoms with E-state index >= 15 is 0 Å². The van der Waals surface area contributed by atoms with Crippen LogP contribution in [0.4, 0.5) is 5.13 Å². The van der Waals surface area contributed by atoms with E-state index in [1.54, 1.807) is 11.3 Å². The number of hydrogen-bond acceptors (Lipinski definition) is 6. The van der Waals surface area contributed by atoms with E-state index in [0.717, 1.165) is 25.3 Å². The molecule has 0 unspecified atom stereocenters. The molecule has 7 heteroatoms. The normalized spacial score (nSPS) is 22.6. The average Bonchev–Trinajstić information content (AvgIpc) is 3.09. The molecule has 1 N–H and O–H groups in total.